The Morgan fingerprint density at radius 2 is 1.77 bits per heavy atom. The van der Waals surface area contributed by atoms with E-state index in [0.717, 1.165) is 5.56 Å². The number of anilines is 1. The van der Waals surface area contributed by atoms with Gasteiger partial charge in [0.05, 0.1) is 10.0 Å². The monoisotopic (exact) mass is 476 g/mol. The number of aromatic carboxylic acids is 1. The van der Waals surface area contributed by atoms with Crippen molar-refractivity contribution < 1.29 is 19.4 Å². The molecule has 0 unspecified atom stereocenters. The van der Waals surface area contributed by atoms with Gasteiger partial charge in [-0.1, -0.05) is 36.4 Å². The quantitative estimate of drug-likeness (QED) is 0.357. The third kappa shape index (κ3) is 6.04. The molecule has 0 saturated heterocycles. The lowest BCUT2D eigenvalue weighted by Crippen LogP contribution is -2.13. The van der Waals surface area contributed by atoms with Gasteiger partial charge < -0.3 is 15.2 Å². The fraction of sp³-hybridized carbons (Fsp3) is 0.0417. The van der Waals surface area contributed by atoms with E-state index in [1.807, 2.05) is 12.1 Å². The number of halogens is 1. The number of rotatable bonds is 7. The number of carbonyl (C=O) groups is 2. The van der Waals surface area contributed by atoms with Crippen molar-refractivity contribution in [1.82, 2.24) is 0 Å². The summed E-state index contributed by atoms with van der Waals surface area (Å²) in [6, 6.07) is 22.5. The predicted octanol–water partition coefficient (Wildman–Crippen LogP) is 5.27. The van der Waals surface area contributed by atoms with Crippen molar-refractivity contribution in [2.75, 3.05) is 5.32 Å². The average molecular weight is 477 g/mol. The van der Waals surface area contributed by atoms with E-state index in [1.165, 1.54) is 18.2 Å². The molecule has 3 aromatic carbocycles. The molecular formula is C24H17BrN2O4. The molecule has 0 aromatic heterocycles. The number of ether oxygens (including phenoxy) is 1. The van der Waals surface area contributed by atoms with Gasteiger partial charge in [0.1, 0.15) is 24.0 Å². The number of hydrogen-bond acceptors (Lipinski definition) is 4. The van der Waals surface area contributed by atoms with Crippen LogP contribution in [0.4, 0.5) is 5.69 Å². The van der Waals surface area contributed by atoms with E-state index in [-0.39, 0.29) is 17.7 Å². The number of nitrogens with zero attached hydrogens (tertiary/aromatic N) is 1. The van der Waals surface area contributed by atoms with Crippen LogP contribution in [-0.2, 0) is 11.4 Å². The third-order valence-corrected chi connectivity index (χ3v) is 4.88. The van der Waals surface area contributed by atoms with Crippen LogP contribution in [0.1, 0.15) is 21.5 Å². The van der Waals surface area contributed by atoms with Gasteiger partial charge in [-0.25, -0.2) is 4.79 Å². The summed E-state index contributed by atoms with van der Waals surface area (Å²) in [4.78, 5) is 23.3. The third-order valence-electron chi connectivity index (χ3n) is 4.26. The van der Waals surface area contributed by atoms with E-state index in [4.69, 9.17) is 9.84 Å². The second kappa shape index (κ2) is 10.2. The Morgan fingerprint density at radius 3 is 2.39 bits per heavy atom. The lowest BCUT2D eigenvalue weighted by atomic mass is 10.1. The molecule has 0 spiro atoms. The molecular weight excluding hydrogens is 460 g/mol. The Labute approximate surface area is 187 Å². The first-order valence-electron chi connectivity index (χ1n) is 9.19. The molecule has 154 valence electrons. The van der Waals surface area contributed by atoms with Crippen LogP contribution in [0.2, 0.25) is 0 Å². The molecule has 0 fully saturated rings. The minimum Gasteiger partial charge on any atom is -0.488 e. The number of hydrogen-bond donors (Lipinski definition) is 2. The Hall–Kier alpha value is -3.89. The maximum atomic E-state index is 12.4. The van der Waals surface area contributed by atoms with Crippen LogP contribution in [0.15, 0.2) is 82.8 Å². The first-order valence-corrected chi connectivity index (χ1v) is 9.98. The molecule has 7 heteroatoms. The minimum atomic E-state index is -0.979. The smallest absolute Gasteiger partial charge is 0.335 e. The second-order valence-corrected chi connectivity index (χ2v) is 7.32. The fourth-order valence-corrected chi connectivity index (χ4v) is 3.17. The number of benzene rings is 3. The van der Waals surface area contributed by atoms with E-state index in [0.29, 0.717) is 21.5 Å². The van der Waals surface area contributed by atoms with Gasteiger partial charge in [0.15, 0.2) is 0 Å². The second-order valence-electron chi connectivity index (χ2n) is 6.47. The van der Waals surface area contributed by atoms with E-state index >= 15 is 0 Å². The molecule has 3 aromatic rings. The summed E-state index contributed by atoms with van der Waals surface area (Å²) in [6.07, 6.45) is 1.50. The van der Waals surface area contributed by atoms with Crippen molar-refractivity contribution in [3.05, 3.63) is 99.5 Å². The molecule has 31 heavy (non-hydrogen) atoms. The van der Waals surface area contributed by atoms with E-state index < -0.39 is 11.9 Å². The van der Waals surface area contributed by atoms with Gasteiger partial charge in [0, 0.05) is 5.69 Å². The normalized spacial score (nSPS) is 10.8. The number of para-hydroxylation sites is 1. The SMILES string of the molecule is N#C/C(=C/c1ccc(OCc2ccc(C(=O)O)cc2)c(Br)c1)C(=O)Nc1ccccc1. The van der Waals surface area contributed by atoms with Crippen molar-refractivity contribution in [2.45, 2.75) is 6.61 Å². The lowest BCUT2D eigenvalue weighted by molar-refractivity contribution is -0.112. The average Bonchev–Trinajstić information content (AvgIpc) is 2.77. The van der Waals surface area contributed by atoms with Gasteiger partial charge in [-0.3, -0.25) is 4.79 Å². The first-order chi connectivity index (χ1) is 15.0. The Bertz CT molecular complexity index is 1170. The fourth-order valence-electron chi connectivity index (χ4n) is 2.66. The molecule has 0 aliphatic carbocycles. The number of nitriles is 1. The molecule has 0 atom stereocenters. The van der Waals surface area contributed by atoms with Gasteiger partial charge >= 0.3 is 5.97 Å². The van der Waals surface area contributed by atoms with Gasteiger partial charge in [-0.05, 0) is 69.5 Å². The van der Waals surface area contributed by atoms with Gasteiger partial charge in [0.2, 0.25) is 0 Å². The number of carboxylic acid groups (broad SMARTS) is 1. The van der Waals surface area contributed by atoms with Crippen molar-refractivity contribution in [2.24, 2.45) is 0 Å². The van der Waals surface area contributed by atoms with Crippen LogP contribution in [0.25, 0.3) is 6.08 Å². The molecule has 3 rings (SSSR count). The summed E-state index contributed by atoms with van der Waals surface area (Å²) in [5.41, 5.74) is 2.28. The maximum Gasteiger partial charge on any atom is 0.335 e. The van der Waals surface area contributed by atoms with Gasteiger partial charge in [0.25, 0.3) is 5.91 Å². The van der Waals surface area contributed by atoms with Crippen LogP contribution >= 0.6 is 15.9 Å². The predicted molar refractivity (Wildman–Crippen MR) is 121 cm³/mol. The molecule has 0 radical (unpaired) electrons. The van der Waals surface area contributed by atoms with Crippen molar-refractivity contribution in [3.8, 4) is 11.8 Å². The number of nitrogens with one attached hydrogen (secondary N) is 1. The number of amides is 1. The highest BCUT2D eigenvalue weighted by Gasteiger charge is 2.10. The van der Waals surface area contributed by atoms with Crippen LogP contribution in [0.3, 0.4) is 0 Å². The minimum absolute atomic E-state index is 0.0251. The standard InChI is InChI=1S/C24H17BrN2O4/c25-21-13-17(12-19(14-26)23(28)27-20-4-2-1-3-5-20)8-11-22(21)31-15-16-6-9-18(10-7-16)24(29)30/h1-13H,15H2,(H,27,28)(H,29,30)/b19-12-. The van der Waals surface area contributed by atoms with Gasteiger partial charge in [-0.15, -0.1) is 0 Å². The molecule has 2 N–H and O–H groups in total. The topological polar surface area (TPSA) is 99.4 Å². The summed E-state index contributed by atoms with van der Waals surface area (Å²) in [7, 11) is 0. The maximum absolute atomic E-state index is 12.4. The molecule has 0 heterocycles. The highest BCUT2D eigenvalue weighted by atomic mass is 79.9. The van der Waals surface area contributed by atoms with Crippen LogP contribution < -0.4 is 10.1 Å². The largest absolute Gasteiger partial charge is 0.488 e. The molecule has 0 aliphatic heterocycles. The van der Waals surface area contributed by atoms with Gasteiger partial charge in [-0.2, -0.15) is 5.26 Å². The molecule has 1 amide bonds. The molecule has 0 aliphatic rings. The lowest BCUT2D eigenvalue weighted by Gasteiger charge is -2.09. The zero-order valence-corrected chi connectivity index (χ0v) is 17.8. The number of carboxylic acids is 1. The molecule has 0 saturated carbocycles. The van der Waals surface area contributed by atoms with Crippen molar-refractivity contribution in [3.63, 3.8) is 0 Å². The van der Waals surface area contributed by atoms with E-state index in [9.17, 15) is 14.9 Å². The summed E-state index contributed by atoms with van der Waals surface area (Å²) >= 11 is 3.44. The van der Waals surface area contributed by atoms with E-state index in [2.05, 4.69) is 21.2 Å². The van der Waals surface area contributed by atoms with Crippen LogP contribution in [-0.4, -0.2) is 17.0 Å². The number of carbonyl (C=O) groups excluding carboxylic acids is 1. The first kappa shape index (κ1) is 21.8. The summed E-state index contributed by atoms with van der Waals surface area (Å²) in [6.45, 7) is 0.261. The Kier molecular flexibility index (Phi) is 7.20. The van der Waals surface area contributed by atoms with Crippen LogP contribution in [0, 0.1) is 11.3 Å². The summed E-state index contributed by atoms with van der Waals surface area (Å²) in [5, 5.41) is 21.0. The van der Waals surface area contributed by atoms with E-state index in [1.54, 1.807) is 54.6 Å². The zero-order valence-electron chi connectivity index (χ0n) is 16.2. The Balaban J connectivity index is 1.68. The summed E-state index contributed by atoms with van der Waals surface area (Å²) < 4.78 is 6.43. The Morgan fingerprint density at radius 1 is 1.06 bits per heavy atom. The highest BCUT2D eigenvalue weighted by molar-refractivity contribution is 9.10. The molecule has 6 nitrogen and oxygen atoms in total. The zero-order chi connectivity index (χ0) is 22.2. The van der Waals surface area contributed by atoms with Crippen molar-refractivity contribution >= 4 is 39.6 Å². The highest BCUT2D eigenvalue weighted by Crippen LogP contribution is 2.28. The molecule has 0 bridgehead atoms. The van der Waals surface area contributed by atoms with Crippen molar-refractivity contribution in [1.29, 1.82) is 5.26 Å². The van der Waals surface area contributed by atoms with Crippen LogP contribution in [0.5, 0.6) is 5.75 Å². The summed E-state index contributed by atoms with van der Waals surface area (Å²) in [5.74, 6) is -0.894.